The first-order chi connectivity index (χ1) is 8.40. The summed E-state index contributed by atoms with van der Waals surface area (Å²) in [6, 6.07) is 4.63. The number of nitrogen functional groups attached to an aromatic ring is 1. The van der Waals surface area contributed by atoms with Gasteiger partial charge < -0.3 is 5.73 Å². The minimum Gasteiger partial charge on any atom is -0.374 e. The van der Waals surface area contributed by atoms with Crippen LogP contribution in [-0.2, 0) is 10.0 Å². The van der Waals surface area contributed by atoms with Crippen LogP contribution in [0.1, 0.15) is 0 Å². The van der Waals surface area contributed by atoms with E-state index in [-0.39, 0.29) is 25.2 Å². The molecule has 0 aliphatic rings. The van der Waals surface area contributed by atoms with E-state index in [1.165, 1.54) is 12.1 Å². The second-order valence-corrected chi connectivity index (χ2v) is 6.79. The van der Waals surface area contributed by atoms with Gasteiger partial charge in [-0.15, -0.1) is 10.2 Å². The van der Waals surface area contributed by atoms with E-state index in [1.54, 1.807) is 6.07 Å². The van der Waals surface area contributed by atoms with E-state index < -0.39 is 10.0 Å². The summed E-state index contributed by atoms with van der Waals surface area (Å²) in [7, 11) is -3.89. The van der Waals surface area contributed by atoms with E-state index >= 15 is 0 Å². The summed E-state index contributed by atoms with van der Waals surface area (Å²) in [5.41, 5.74) is 5.42. The van der Waals surface area contributed by atoms with Gasteiger partial charge in [-0.1, -0.05) is 40.6 Å². The highest BCUT2D eigenvalue weighted by atomic mass is 35.5. The molecule has 0 amide bonds. The lowest BCUT2D eigenvalue weighted by molar-refractivity contribution is 0.599. The van der Waals surface area contributed by atoms with Crippen LogP contribution >= 0.6 is 34.5 Å². The molecule has 1 aromatic heterocycles. The molecule has 0 spiro atoms. The molecule has 0 saturated heterocycles. The third kappa shape index (κ3) is 2.66. The third-order valence-corrected chi connectivity index (χ3v) is 4.95. The number of hydrogen-bond donors (Lipinski definition) is 2. The summed E-state index contributed by atoms with van der Waals surface area (Å²) in [4.78, 5) is 0. The minimum absolute atomic E-state index is 0.0561. The number of nitrogens with two attached hydrogens (primary N) is 1. The molecule has 1 heterocycles. The first kappa shape index (κ1) is 13.3. The smallest absolute Gasteiger partial charge is 0.291 e. The monoisotopic (exact) mass is 324 g/mol. The van der Waals surface area contributed by atoms with Gasteiger partial charge in [-0.25, -0.2) is 0 Å². The number of hydrogen-bond acceptors (Lipinski definition) is 6. The van der Waals surface area contributed by atoms with Gasteiger partial charge in [-0.3, -0.25) is 4.72 Å². The molecular formula is C8H6Cl2N4O2S2. The highest BCUT2D eigenvalue weighted by Gasteiger charge is 2.22. The summed E-state index contributed by atoms with van der Waals surface area (Å²) in [6.45, 7) is 0. The zero-order valence-corrected chi connectivity index (χ0v) is 11.7. The van der Waals surface area contributed by atoms with Crippen molar-refractivity contribution in [3.05, 3.63) is 28.2 Å². The highest BCUT2D eigenvalue weighted by molar-refractivity contribution is 7.94. The first-order valence-corrected chi connectivity index (χ1v) is 7.51. The number of anilines is 2. The topological polar surface area (TPSA) is 98.0 Å². The number of aromatic nitrogens is 2. The Hall–Kier alpha value is -1.09. The molecule has 0 atom stereocenters. The Morgan fingerprint density at radius 3 is 2.33 bits per heavy atom. The lowest BCUT2D eigenvalue weighted by Crippen LogP contribution is -2.13. The predicted octanol–water partition coefficient (Wildman–Crippen LogP) is 2.23. The quantitative estimate of drug-likeness (QED) is 0.902. The normalized spacial score (nSPS) is 11.4. The highest BCUT2D eigenvalue weighted by Crippen LogP contribution is 2.32. The summed E-state index contributed by atoms with van der Waals surface area (Å²) in [6.07, 6.45) is 0. The Balaban J connectivity index is 2.40. The van der Waals surface area contributed by atoms with E-state index in [1.807, 2.05) is 0 Å². The van der Waals surface area contributed by atoms with Gasteiger partial charge >= 0.3 is 0 Å². The van der Waals surface area contributed by atoms with Crippen LogP contribution in [0.15, 0.2) is 22.5 Å². The Morgan fingerprint density at radius 1 is 1.22 bits per heavy atom. The SMILES string of the molecule is Nc1nnc(S(=O)(=O)Nc2c(Cl)cccc2Cl)s1. The Bertz CT molecular complexity index is 666. The number of benzene rings is 1. The number of sulfonamides is 1. The maximum absolute atomic E-state index is 11.9. The van der Waals surface area contributed by atoms with Gasteiger partial charge in [-0.05, 0) is 12.1 Å². The lowest BCUT2D eigenvalue weighted by atomic mass is 10.3. The molecule has 6 nitrogen and oxygen atoms in total. The van der Waals surface area contributed by atoms with Crippen LogP contribution in [0.4, 0.5) is 10.8 Å². The summed E-state index contributed by atoms with van der Waals surface area (Å²) in [5.74, 6) is 0. The van der Waals surface area contributed by atoms with Gasteiger partial charge in [0.25, 0.3) is 14.4 Å². The Kier molecular flexibility index (Phi) is 3.62. The average molecular weight is 325 g/mol. The largest absolute Gasteiger partial charge is 0.374 e. The van der Waals surface area contributed by atoms with Crippen molar-refractivity contribution < 1.29 is 8.42 Å². The van der Waals surface area contributed by atoms with Gasteiger partial charge in [0.1, 0.15) is 0 Å². The minimum atomic E-state index is -3.89. The molecule has 96 valence electrons. The van der Waals surface area contributed by atoms with Crippen molar-refractivity contribution in [2.45, 2.75) is 4.34 Å². The van der Waals surface area contributed by atoms with E-state index in [4.69, 9.17) is 28.9 Å². The second kappa shape index (κ2) is 4.88. The van der Waals surface area contributed by atoms with Gasteiger partial charge in [0.2, 0.25) is 5.13 Å². The van der Waals surface area contributed by atoms with Gasteiger partial charge in [-0.2, -0.15) is 8.42 Å². The van der Waals surface area contributed by atoms with Crippen LogP contribution in [0, 0.1) is 0 Å². The fraction of sp³-hybridized carbons (Fsp3) is 0. The van der Waals surface area contributed by atoms with E-state index in [2.05, 4.69) is 14.9 Å². The molecule has 18 heavy (non-hydrogen) atoms. The molecule has 0 fully saturated rings. The predicted molar refractivity (Wildman–Crippen MR) is 71.6 cm³/mol. The zero-order valence-electron chi connectivity index (χ0n) is 8.59. The molecule has 1 aromatic carbocycles. The average Bonchev–Trinajstić information content (AvgIpc) is 2.71. The number of nitrogens with one attached hydrogen (secondary N) is 1. The molecule has 10 heteroatoms. The van der Waals surface area contributed by atoms with E-state index in [0.29, 0.717) is 0 Å². The van der Waals surface area contributed by atoms with Crippen LogP contribution < -0.4 is 10.5 Å². The lowest BCUT2D eigenvalue weighted by Gasteiger charge is -2.08. The maximum Gasteiger partial charge on any atom is 0.291 e. The van der Waals surface area contributed by atoms with Crippen molar-refractivity contribution in [1.29, 1.82) is 0 Å². The first-order valence-electron chi connectivity index (χ1n) is 4.46. The van der Waals surface area contributed by atoms with Crippen molar-refractivity contribution >= 4 is 55.4 Å². The van der Waals surface area contributed by atoms with Crippen molar-refractivity contribution in [3.8, 4) is 0 Å². The van der Waals surface area contributed by atoms with Gasteiger partial charge in [0.15, 0.2) is 0 Å². The molecule has 3 N–H and O–H groups in total. The molecule has 2 rings (SSSR count). The molecule has 0 radical (unpaired) electrons. The third-order valence-electron chi connectivity index (χ3n) is 1.85. The Labute approximate surface area is 117 Å². The summed E-state index contributed by atoms with van der Waals surface area (Å²) >= 11 is 12.5. The molecule has 0 saturated carbocycles. The Morgan fingerprint density at radius 2 is 1.83 bits per heavy atom. The molecule has 0 aliphatic carbocycles. The summed E-state index contributed by atoms with van der Waals surface area (Å²) < 4.78 is 25.9. The van der Waals surface area contributed by atoms with Crippen LogP contribution in [0.3, 0.4) is 0 Å². The number of para-hydroxylation sites is 1. The van der Waals surface area contributed by atoms with E-state index in [0.717, 1.165) is 11.3 Å². The fourth-order valence-corrected chi connectivity index (χ4v) is 3.59. The fourth-order valence-electron chi connectivity index (χ4n) is 1.10. The standard InChI is InChI=1S/C8H6Cl2N4O2S2/c9-4-2-1-3-5(10)6(4)14-18(15,16)8-13-12-7(11)17-8/h1-3,14H,(H2,11,12). The molecule has 0 bridgehead atoms. The second-order valence-electron chi connectivity index (χ2n) is 3.11. The maximum atomic E-state index is 11.9. The van der Waals surface area contributed by atoms with Gasteiger partial charge in [0.05, 0.1) is 15.7 Å². The van der Waals surface area contributed by atoms with E-state index in [9.17, 15) is 8.42 Å². The van der Waals surface area contributed by atoms with Crippen LogP contribution in [-0.4, -0.2) is 18.6 Å². The van der Waals surface area contributed by atoms with Crippen molar-refractivity contribution in [2.75, 3.05) is 10.5 Å². The number of rotatable bonds is 3. The zero-order chi connectivity index (χ0) is 13.3. The van der Waals surface area contributed by atoms with Crippen LogP contribution in [0.5, 0.6) is 0 Å². The van der Waals surface area contributed by atoms with Crippen molar-refractivity contribution in [2.24, 2.45) is 0 Å². The van der Waals surface area contributed by atoms with Crippen molar-refractivity contribution in [3.63, 3.8) is 0 Å². The van der Waals surface area contributed by atoms with Crippen LogP contribution in [0.2, 0.25) is 10.0 Å². The number of halogens is 2. The summed E-state index contributed by atoms with van der Waals surface area (Å²) in [5, 5.41) is 7.30. The molecule has 2 aromatic rings. The number of nitrogens with zero attached hydrogens (tertiary/aromatic N) is 2. The molecular weight excluding hydrogens is 319 g/mol. The molecule has 0 aliphatic heterocycles. The molecule has 0 unspecified atom stereocenters. The van der Waals surface area contributed by atoms with Crippen LogP contribution in [0.25, 0.3) is 0 Å². The van der Waals surface area contributed by atoms with Gasteiger partial charge in [0, 0.05) is 0 Å². The van der Waals surface area contributed by atoms with Crippen molar-refractivity contribution in [1.82, 2.24) is 10.2 Å².